The summed E-state index contributed by atoms with van der Waals surface area (Å²) in [5.74, 6) is 0. The van der Waals surface area contributed by atoms with Crippen molar-refractivity contribution in [2.24, 2.45) is 0 Å². The summed E-state index contributed by atoms with van der Waals surface area (Å²) in [5, 5.41) is 5.53. The van der Waals surface area contributed by atoms with Crippen molar-refractivity contribution in [3.8, 4) is 0 Å². The first-order valence-corrected chi connectivity index (χ1v) is 7.29. The third-order valence-corrected chi connectivity index (χ3v) is 5.20. The molecular formula is C9H3Cl2F3N2OS2. The predicted molar refractivity (Wildman–Crippen MR) is 66.0 cm³/mol. The van der Waals surface area contributed by atoms with Crippen LogP contribution in [-0.4, -0.2) is 14.4 Å². The van der Waals surface area contributed by atoms with Crippen molar-refractivity contribution in [2.75, 3.05) is 0 Å². The van der Waals surface area contributed by atoms with E-state index in [9.17, 15) is 17.4 Å². The Morgan fingerprint density at radius 2 is 1.84 bits per heavy atom. The van der Waals surface area contributed by atoms with E-state index >= 15 is 0 Å². The molecule has 19 heavy (non-hydrogen) atoms. The number of aromatic nitrogens is 2. The molecule has 1 aromatic heterocycles. The van der Waals surface area contributed by atoms with Crippen molar-refractivity contribution in [2.45, 2.75) is 15.4 Å². The normalized spacial score (nSPS) is 13.5. The van der Waals surface area contributed by atoms with Crippen LogP contribution in [0, 0.1) is 0 Å². The van der Waals surface area contributed by atoms with Crippen LogP contribution >= 0.6 is 34.5 Å². The molecule has 0 aliphatic carbocycles. The number of benzene rings is 1. The lowest BCUT2D eigenvalue weighted by Gasteiger charge is -2.00. The summed E-state index contributed by atoms with van der Waals surface area (Å²) < 4.78 is 48.8. The molecule has 0 aliphatic rings. The molecule has 10 heteroatoms. The SMILES string of the molecule is O=S(c1ccc(Cl)c(Cl)c1)c1nnc(C(F)(F)F)s1. The Kier molecular flexibility index (Phi) is 4.14. The molecule has 1 aromatic carbocycles. The summed E-state index contributed by atoms with van der Waals surface area (Å²) in [4.78, 5) is 0.208. The van der Waals surface area contributed by atoms with Crippen molar-refractivity contribution in [3.63, 3.8) is 0 Å². The Labute approximate surface area is 121 Å². The molecule has 0 saturated heterocycles. The van der Waals surface area contributed by atoms with E-state index in [0.717, 1.165) is 0 Å². The lowest BCUT2D eigenvalue weighted by molar-refractivity contribution is -0.138. The first-order valence-electron chi connectivity index (χ1n) is 4.56. The second kappa shape index (κ2) is 5.35. The van der Waals surface area contributed by atoms with Gasteiger partial charge in [-0.3, -0.25) is 0 Å². The predicted octanol–water partition coefficient (Wildman–Crippen LogP) is 4.03. The Morgan fingerprint density at radius 3 is 2.37 bits per heavy atom. The van der Waals surface area contributed by atoms with Gasteiger partial charge in [0.15, 0.2) is 0 Å². The second-order valence-electron chi connectivity index (χ2n) is 3.22. The molecule has 3 nitrogen and oxygen atoms in total. The number of hydrogen-bond acceptors (Lipinski definition) is 4. The minimum absolute atomic E-state index is 0.160. The molecular weight excluding hydrogens is 344 g/mol. The van der Waals surface area contributed by atoms with E-state index in [-0.39, 0.29) is 30.6 Å². The van der Waals surface area contributed by atoms with Gasteiger partial charge in [-0.05, 0) is 18.2 Å². The number of halogens is 5. The molecule has 0 amide bonds. The minimum atomic E-state index is -4.60. The average Bonchev–Trinajstić information content (AvgIpc) is 2.81. The van der Waals surface area contributed by atoms with Gasteiger partial charge in [0, 0.05) is 4.90 Å². The highest BCUT2D eigenvalue weighted by atomic mass is 35.5. The highest BCUT2D eigenvalue weighted by Gasteiger charge is 2.36. The molecule has 102 valence electrons. The lowest BCUT2D eigenvalue weighted by atomic mass is 10.4. The van der Waals surface area contributed by atoms with E-state index in [4.69, 9.17) is 23.2 Å². The first kappa shape index (κ1) is 14.7. The van der Waals surface area contributed by atoms with Crippen LogP contribution in [0.4, 0.5) is 13.2 Å². The molecule has 1 atom stereocenters. The average molecular weight is 347 g/mol. The summed E-state index contributed by atoms with van der Waals surface area (Å²) in [6, 6.07) is 4.12. The van der Waals surface area contributed by atoms with E-state index in [1.54, 1.807) is 0 Å². The zero-order valence-electron chi connectivity index (χ0n) is 8.74. The van der Waals surface area contributed by atoms with Crippen molar-refractivity contribution >= 4 is 45.3 Å². The van der Waals surface area contributed by atoms with E-state index < -0.39 is 22.0 Å². The standard InChI is InChI=1S/C9H3Cl2F3N2OS2/c10-5-2-1-4(3-6(5)11)19(17)8-16-15-7(18-8)9(12,13)14/h1-3H. The van der Waals surface area contributed by atoms with Crippen molar-refractivity contribution in [1.82, 2.24) is 10.2 Å². The second-order valence-corrected chi connectivity index (χ2v) is 6.66. The van der Waals surface area contributed by atoms with Crippen LogP contribution in [-0.2, 0) is 17.0 Å². The van der Waals surface area contributed by atoms with Gasteiger partial charge < -0.3 is 0 Å². The van der Waals surface area contributed by atoms with Gasteiger partial charge in [-0.15, -0.1) is 10.2 Å². The molecule has 2 aromatic rings. The fourth-order valence-corrected chi connectivity index (χ4v) is 3.46. The van der Waals surface area contributed by atoms with E-state index in [1.165, 1.54) is 18.2 Å². The number of nitrogens with zero attached hydrogens (tertiary/aromatic N) is 2. The van der Waals surface area contributed by atoms with Gasteiger partial charge in [-0.25, -0.2) is 4.21 Å². The molecule has 1 heterocycles. The van der Waals surface area contributed by atoms with Gasteiger partial charge in [-0.1, -0.05) is 34.5 Å². The van der Waals surface area contributed by atoms with Crippen LogP contribution in [0.5, 0.6) is 0 Å². The zero-order valence-corrected chi connectivity index (χ0v) is 11.9. The fraction of sp³-hybridized carbons (Fsp3) is 0.111. The summed E-state index contributed by atoms with van der Waals surface area (Å²) in [6.07, 6.45) is -4.60. The van der Waals surface area contributed by atoms with Gasteiger partial charge >= 0.3 is 6.18 Å². The third-order valence-electron chi connectivity index (χ3n) is 1.91. The number of hydrogen-bond donors (Lipinski definition) is 0. The molecule has 0 bridgehead atoms. The quantitative estimate of drug-likeness (QED) is 0.824. The molecule has 0 fully saturated rings. The third kappa shape index (κ3) is 3.25. The molecule has 0 N–H and O–H groups in total. The minimum Gasteiger partial charge on any atom is -0.247 e. The fourth-order valence-electron chi connectivity index (χ4n) is 1.09. The summed E-state index contributed by atoms with van der Waals surface area (Å²) >= 11 is 11.7. The van der Waals surface area contributed by atoms with Crippen molar-refractivity contribution < 1.29 is 17.4 Å². The highest BCUT2D eigenvalue weighted by molar-refractivity contribution is 7.87. The molecule has 1 unspecified atom stereocenters. The molecule has 2 rings (SSSR count). The van der Waals surface area contributed by atoms with Gasteiger partial charge in [0.1, 0.15) is 10.8 Å². The van der Waals surface area contributed by atoms with E-state index in [1.807, 2.05) is 0 Å². The number of rotatable bonds is 2. The smallest absolute Gasteiger partial charge is 0.247 e. The Bertz CT molecular complexity index is 645. The summed E-state index contributed by atoms with van der Waals surface area (Å²) in [7, 11) is -1.88. The van der Waals surface area contributed by atoms with Crippen LogP contribution < -0.4 is 0 Å². The maximum Gasteiger partial charge on any atom is 0.445 e. The summed E-state index contributed by atoms with van der Waals surface area (Å²) in [5.41, 5.74) is 0. The molecule has 0 radical (unpaired) electrons. The van der Waals surface area contributed by atoms with E-state index in [0.29, 0.717) is 0 Å². The van der Waals surface area contributed by atoms with Crippen molar-refractivity contribution in [1.29, 1.82) is 0 Å². The highest BCUT2D eigenvalue weighted by Crippen LogP contribution is 2.34. The Hall–Kier alpha value is -0.700. The molecule has 0 saturated carbocycles. The topological polar surface area (TPSA) is 42.9 Å². The maximum atomic E-state index is 12.4. The van der Waals surface area contributed by atoms with Crippen LogP contribution in [0.1, 0.15) is 5.01 Å². The Morgan fingerprint density at radius 1 is 1.16 bits per heavy atom. The maximum absolute atomic E-state index is 12.4. The first-order chi connectivity index (χ1) is 8.79. The molecule has 0 aliphatic heterocycles. The van der Waals surface area contributed by atoms with E-state index in [2.05, 4.69) is 10.2 Å². The van der Waals surface area contributed by atoms with Gasteiger partial charge in [0.05, 0.1) is 10.0 Å². The van der Waals surface area contributed by atoms with Crippen molar-refractivity contribution in [3.05, 3.63) is 33.3 Å². The zero-order chi connectivity index (χ0) is 14.2. The van der Waals surface area contributed by atoms with Crippen LogP contribution in [0.15, 0.2) is 27.4 Å². The van der Waals surface area contributed by atoms with Crippen LogP contribution in [0.25, 0.3) is 0 Å². The number of alkyl halides is 3. The van der Waals surface area contributed by atoms with Gasteiger partial charge in [0.25, 0.3) is 0 Å². The molecule has 0 spiro atoms. The summed E-state index contributed by atoms with van der Waals surface area (Å²) in [6.45, 7) is 0. The monoisotopic (exact) mass is 346 g/mol. The van der Waals surface area contributed by atoms with Crippen LogP contribution in [0.3, 0.4) is 0 Å². The van der Waals surface area contributed by atoms with Crippen LogP contribution in [0.2, 0.25) is 10.0 Å². The largest absolute Gasteiger partial charge is 0.445 e. The van der Waals surface area contributed by atoms with Gasteiger partial charge in [-0.2, -0.15) is 13.2 Å². The van der Waals surface area contributed by atoms with Gasteiger partial charge in [0.2, 0.25) is 9.35 Å². The Balaban J connectivity index is 2.34. The lowest BCUT2D eigenvalue weighted by Crippen LogP contribution is -2.03.